The Morgan fingerprint density at radius 1 is 0.358 bits per heavy atom. The van der Waals surface area contributed by atoms with Gasteiger partial charge in [0, 0.05) is 42.4 Å². The Balaban J connectivity index is 1.04. The van der Waals surface area contributed by atoms with Crippen molar-refractivity contribution in [3.05, 3.63) is 277 Å². The number of dihydropyridines is 1. The molecule has 0 spiro atoms. The van der Waals surface area contributed by atoms with Gasteiger partial charge in [0.25, 0.3) is 0 Å². The summed E-state index contributed by atoms with van der Waals surface area (Å²) < 4.78 is 2.61. The minimum atomic E-state index is -0.144. The first-order valence-corrected chi connectivity index (χ1v) is 23.6. The van der Waals surface area contributed by atoms with Gasteiger partial charge in [-0.25, -0.2) is 9.97 Å². The van der Waals surface area contributed by atoms with Gasteiger partial charge in [-0.05, 0) is 68.3 Å². The maximum Gasteiger partial charge on any atom is 0.160 e. The quantitative estimate of drug-likeness (QED) is 0.157. The van der Waals surface area contributed by atoms with Crippen molar-refractivity contribution in [3.8, 4) is 45.0 Å². The molecule has 0 radical (unpaired) electrons. The SMILES string of the molecule is c1ccc(C2=C(c3ccccc3)C(c3cccc(-c4cc(-c5ccccc5)nc(-c5ccc(-c6cccc7c6sc6ccccc67)cc5)n4)c3)=C(c3ccccc3)C(c3ccccc3)N2)cc1. The molecule has 2 aromatic heterocycles. The maximum absolute atomic E-state index is 5.40. The van der Waals surface area contributed by atoms with Crippen LogP contribution in [-0.4, -0.2) is 9.97 Å². The number of benzene rings is 9. The highest BCUT2D eigenvalue weighted by Crippen LogP contribution is 2.50. The predicted octanol–water partition coefficient (Wildman–Crippen LogP) is 16.3. The fourth-order valence-corrected chi connectivity index (χ4v) is 10.9. The van der Waals surface area contributed by atoms with Crippen LogP contribution in [0.25, 0.3) is 87.6 Å². The fourth-order valence-electron chi connectivity index (χ4n) is 9.63. The molecule has 11 aromatic rings. The van der Waals surface area contributed by atoms with Gasteiger partial charge in [-0.2, -0.15) is 0 Å². The van der Waals surface area contributed by atoms with Crippen molar-refractivity contribution in [3.63, 3.8) is 0 Å². The molecular weight excluding hydrogens is 831 g/mol. The molecule has 0 saturated heterocycles. The predicted molar refractivity (Wildman–Crippen MR) is 282 cm³/mol. The fraction of sp³-hybridized carbons (Fsp3) is 0.0159. The first kappa shape index (κ1) is 40.1. The summed E-state index contributed by atoms with van der Waals surface area (Å²) in [6.45, 7) is 0. The molecule has 0 aliphatic carbocycles. The zero-order chi connectivity index (χ0) is 44.5. The highest BCUT2D eigenvalue weighted by Gasteiger charge is 2.33. The standard InChI is InChI=1S/C63H43N3S/c1-6-20-43(21-7-1)54-41-55(65-63(64-54)48-38-36-42(37-39-48)51-33-19-34-53-52-32-16-17-35-56(52)67-62(51)53)49-30-18-31-50(40-49)57-58(44-22-8-2-9-23-44)60(46-26-12-4-13-27-46)66-61(47-28-14-5-15-29-47)59(57)45-24-10-3-11-25-45/h1-41,60,66H. The number of nitrogens with one attached hydrogen (secondary N) is 1. The summed E-state index contributed by atoms with van der Waals surface area (Å²) in [6.07, 6.45) is 0. The third kappa shape index (κ3) is 7.63. The van der Waals surface area contributed by atoms with Gasteiger partial charge < -0.3 is 5.32 Å². The van der Waals surface area contributed by atoms with Gasteiger partial charge in [0.15, 0.2) is 5.82 Å². The molecular formula is C63H43N3S. The van der Waals surface area contributed by atoms with Crippen LogP contribution in [0.15, 0.2) is 249 Å². The van der Waals surface area contributed by atoms with Crippen molar-refractivity contribution in [2.45, 2.75) is 6.04 Å². The summed E-state index contributed by atoms with van der Waals surface area (Å²) in [6, 6.07) is 88.7. The van der Waals surface area contributed by atoms with E-state index in [2.05, 4.69) is 248 Å². The van der Waals surface area contributed by atoms with Gasteiger partial charge in [-0.15, -0.1) is 11.3 Å². The smallest absolute Gasteiger partial charge is 0.160 e. The zero-order valence-corrected chi connectivity index (χ0v) is 37.4. The van der Waals surface area contributed by atoms with E-state index in [1.54, 1.807) is 0 Å². The first-order chi connectivity index (χ1) is 33.2. The van der Waals surface area contributed by atoms with Crippen LogP contribution >= 0.6 is 11.3 Å². The Hall–Kier alpha value is -8.44. The van der Waals surface area contributed by atoms with Crippen molar-refractivity contribution in [1.82, 2.24) is 15.3 Å². The van der Waals surface area contributed by atoms with E-state index in [4.69, 9.17) is 9.97 Å². The summed E-state index contributed by atoms with van der Waals surface area (Å²) >= 11 is 1.86. The van der Waals surface area contributed by atoms with Gasteiger partial charge in [0.05, 0.1) is 23.1 Å². The molecule has 4 heteroatoms. The van der Waals surface area contributed by atoms with Gasteiger partial charge in [0.1, 0.15) is 0 Å². The molecule has 0 fully saturated rings. The summed E-state index contributed by atoms with van der Waals surface area (Å²) in [5.74, 6) is 0.680. The van der Waals surface area contributed by atoms with Crippen LogP contribution in [0, 0.1) is 0 Å². The average molecular weight is 874 g/mol. The van der Waals surface area contributed by atoms with Crippen LogP contribution in [0.3, 0.4) is 0 Å². The Morgan fingerprint density at radius 3 is 1.58 bits per heavy atom. The lowest BCUT2D eigenvalue weighted by molar-refractivity contribution is 0.787. The second kappa shape index (κ2) is 17.5. The minimum absolute atomic E-state index is 0.144. The van der Waals surface area contributed by atoms with Gasteiger partial charge in [0.2, 0.25) is 0 Å². The van der Waals surface area contributed by atoms with Gasteiger partial charge >= 0.3 is 0 Å². The molecule has 1 N–H and O–H groups in total. The van der Waals surface area contributed by atoms with Crippen LogP contribution in [-0.2, 0) is 0 Å². The highest BCUT2D eigenvalue weighted by molar-refractivity contribution is 7.26. The van der Waals surface area contributed by atoms with E-state index < -0.39 is 0 Å². The van der Waals surface area contributed by atoms with Gasteiger partial charge in [-0.3, -0.25) is 0 Å². The van der Waals surface area contributed by atoms with E-state index in [1.165, 1.54) is 48.0 Å². The lowest BCUT2D eigenvalue weighted by Crippen LogP contribution is -2.27. The zero-order valence-electron chi connectivity index (χ0n) is 36.6. The van der Waals surface area contributed by atoms with E-state index >= 15 is 0 Å². The van der Waals surface area contributed by atoms with Crippen LogP contribution in [0.2, 0.25) is 0 Å². The Labute approximate surface area is 394 Å². The Kier molecular flexibility index (Phi) is 10.5. The molecule has 0 bridgehead atoms. The van der Waals surface area contributed by atoms with Crippen molar-refractivity contribution in [2.75, 3.05) is 0 Å². The van der Waals surface area contributed by atoms with Crippen molar-refractivity contribution in [1.29, 1.82) is 0 Å². The molecule has 316 valence electrons. The molecule has 1 aliphatic rings. The molecule has 1 unspecified atom stereocenters. The number of nitrogens with zero attached hydrogens (tertiary/aromatic N) is 2. The second-order valence-electron chi connectivity index (χ2n) is 16.9. The molecule has 3 nitrogen and oxygen atoms in total. The number of fused-ring (bicyclic) bond motifs is 3. The average Bonchev–Trinajstić information content (AvgIpc) is 3.81. The van der Waals surface area contributed by atoms with Gasteiger partial charge in [-0.1, -0.05) is 231 Å². The third-order valence-corrected chi connectivity index (χ3v) is 14.0. The van der Waals surface area contributed by atoms with E-state index in [0.717, 1.165) is 61.6 Å². The summed E-state index contributed by atoms with van der Waals surface area (Å²) in [4.78, 5) is 10.6. The number of aromatic nitrogens is 2. The molecule has 0 amide bonds. The molecule has 67 heavy (non-hydrogen) atoms. The number of allylic oxidation sites excluding steroid dienone is 2. The Morgan fingerprint density at radius 2 is 0.881 bits per heavy atom. The lowest BCUT2D eigenvalue weighted by atomic mass is 9.76. The molecule has 1 aliphatic heterocycles. The van der Waals surface area contributed by atoms with Crippen LogP contribution in [0.1, 0.15) is 33.9 Å². The van der Waals surface area contributed by atoms with Crippen molar-refractivity contribution < 1.29 is 0 Å². The topological polar surface area (TPSA) is 37.8 Å². The molecule has 0 saturated carbocycles. The van der Waals surface area contributed by atoms with E-state index in [0.29, 0.717) is 5.82 Å². The van der Waals surface area contributed by atoms with Crippen LogP contribution in [0.5, 0.6) is 0 Å². The molecule has 1 atom stereocenters. The summed E-state index contributed by atoms with van der Waals surface area (Å²) in [5, 5.41) is 6.71. The number of hydrogen-bond acceptors (Lipinski definition) is 4. The third-order valence-electron chi connectivity index (χ3n) is 12.8. The number of hydrogen-bond donors (Lipinski definition) is 1. The minimum Gasteiger partial charge on any atom is -0.373 e. The second-order valence-corrected chi connectivity index (χ2v) is 17.9. The highest BCUT2D eigenvalue weighted by atomic mass is 32.1. The lowest BCUT2D eigenvalue weighted by Gasteiger charge is -2.36. The first-order valence-electron chi connectivity index (χ1n) is 22.8. The molecule has 12 rings (SSSR count). The number of thiophene rings is 1. The summed E-state index contributed by atoms with van der Waals surface area (Å²) in [7, 11) is 0. The Bertz CT molecular complexity index is 3620. The van der Waals surface area contributed by atoms with Crippen LogP contribution < -0.4 is 5.32 Å². The normalized spacial score (nSPS) is 13.8. The molecule has 3 heterocycles. The molecule has 9 aromatic carbocycles. The van der Waals surface area contributed by atoms with E-state index in [9.17, 15) is 0 Å². The summed E-state index contributed by atoms with van der Waals surface area (Å²) in [5.41, 5.74) is 17.5. The maximum atomic E-state index is 5.40. The monoisotopic (exact) mass is 873 g/mol. The van der Waals surface area contributed by atoms with Crippen molar-refractivity contribution >= 4 is 53.9 Å². The number of rotatable bonds is 9. The van der Waals surface area contributed by atoms with E-state index in [-0.39, 0.29) is 6.04 Å². The van der Waals surface area contributed by atoms with Crippen LogP contribution in [0.4, 0.5) is 0 Å². The largest absolute Gasteiger partial charge is 0.373 e. The van der Waals surface area contributed by atoms with Crippen molar-refractivity contribution in [2.24, 2.45) is 0 Å². The van der Waals surface area contributed by atoms with E-state index in [1.807, 2.05) is 17.4 Å².